The maximum atomic E-state index is 11.4. The largest absolute Gasteiger partial charge is 0.488 e. The van der Waals surface area contributed by atoms with Crippen molar-refractivity contribution in [1.29, 1.82) is 0 Å². The number of benzene rings is 1. The maximum absolute atomic E-state index is 11.4. The normalized spacial score (nSPS) is 10.5. The van der Waals surface area contributed by atoms with E-state index in [-0.39, 0.29) is 11.4 Å². The number of rotatable bonds is 4. The average molecular weight is 231 g/mol. The van der Waals surface area contributed by atoms with Crippen LogP contribution in [0.4, 0.5) is 11.4 Å². The van der Waals surface area contributed by atoms with Crippen LogP contribution in [0.2, 0.25) is 0 Å². The number of hydrogen-bond donors (Lipinski definition) is 1. The molecule has 4 nitrogen and oxygen atoms in total. The van der Waals surface area contributed by atoms with E-state index in [1.54, 1.807) is 6.92 Å². The van der Waals surface area contributed by atoms with E-state index in [1.807, 2.05) is 31.2 Å². The van der Waals surface area contributed by atoms with Gasteiger partial charge in [0.2, 0.25) is 0 Å². The molecule has 0 aliphatic rings. The lowest BCUT2D eigenvalue weighted by Crippen LogP contribution is -2.35. The zero-order valence-corrected chi connectivity index (χ0v) is 9.74. The van der Waals surface area contributed by atoms with Gasteiger partial charge < -0.3 is 10.1 Å². The summed E-state index contributed by atoms with van der Waals surface area (Å²) in [6.07, 6.45) is 0. The lowest BCUT2D eigenvalue weighted by molar-refractivity contribution is 0.335. The highest BCUT2D eigenvalue weighted by molar-refractivity contribution is 5.69. The van der Waals surface area contributed by atoms with Gasteiger partial charge in [0.15, 0.2) is 5.75 Å². The van der Waals surface area contributed by atoms with Crippen molar-refractivity contribution in [3.63, 3.8) is 0 Å². The van der Waals surface area contributed by atoms with Crippen LogP contribution in [0.3, 0.4) is 0 Å². The average Bonchev–Trinajstić information content (AvgIpc) is 2.35. The zero-order valence-electron chi connectivity index (χ0n) is 9.74. The minimum atomic E-state index is -0.554. The minimum absolute atomic E-state index is 0.137. The van der Waals surface area contributed by atoms with E-state index in [1.165, 1.54) is 0 Å². The summed E-state index contributed by atoms with van der Waals surface area (Å²) in [7, 11) is 0. The molecule has 0 radical (unpaired) electrons. The minimum Gasteiger partial charge on any atom is -0.488 e. The summed E-state index contributed by atoms with van der Waals surface area (Å²) in [6, 6.07) is 7.55. The summed E-state index contributed by atoms with van der Waals surface area (Å²) in [5, 5.41) is 2.90. The second kappa shape index (κ2) is 4.41. The fourth-order valence-electron chi connectivity index (χ4n) is 1.55. The molecule has 0 aliphatic heterocycles. The first-order valence-corrected chi connectivity index (χ1v) is 5.43. The van der Waals surface area contributed by atoms with Crippen LogP contribution in [0.1, 0.15) is 12.5 Å². The fraction of sp³-hybridized carbons (Fsp3) is 0.231. The molecule has 0 saturated carbocycles. The van der Waals surface area contributed by atoms with Crippen LogP contribution in [0.5, 0.6) is 5.75 Å². The standard InChI is InChI=1S/C13H13NO3/c1-3-17-13-10(11(15)12(13)16)14-9-6-4-8(2)5-7-9/h4-7,14H,3H2,1-2H3. The van der Waals surface area contributed by atoms with Gasteiger partial charge in [-0.05, 0) is 26.0 Å². The molecular formula is C13H13NO3. The Morgan fingerprint density at radius 3 is 2.35 bits per heavy atom. The molecular weight excluding hydrogens is 218 g/mol. The van der Waals surface area contributed by atoms with Crippen molar-refractivity contribution in [1.82, 2.24) is 0 Å². The zero-order chi connectivity index (χ0) is 12.4. The number of anilines is 2. The molecule has 2 rings (SSSR count). The highest BCUT2D eigenvalue weighted by Crippen LogP contribution is 2.22. The van der Waals surface area contributed by atoms with Crippen LogP contribution in [-0.2, 0) is 0 Å². The first-order chi connectivity index (χ1) is 8.13. The first-order valence-electron chi connectivity index (χ1n) is 5.43. The van der Waals surface area contributed by atoms with Crippen molar-refractivity contribution in [2.45, 2.75) is 13.8 Å². The summed E-state index contributed by atoms with van der Waals surface area (Å²) in [5.74, 6) is 0.137. The molecule has 0 saturated heterocycles. The third-order valence-electron chi connectivity index (χ3n) is 2.48. The molecule has 0 bridgehead atoms. The van der Waals surface area contributed by atoms with Crippen LogP contribution in [0.25, 0.3) is 0 Å². The van der Waals surface area contributed by atoms with Gasteiger partial charge in [-0.3, -0.25) is 9.59 Å². The topological polar surface area (TPSA) is 55.4 Å². The van der Waals surface area contributed by atoms with E-state index in [0.717, 1.165) is 11.3 Å². The van der Waals surface area contributed by atoms with E-state index in [0.29, 0.717) is 6.61 Å². The van der Waals surface area contributed by atoms with E-state index in [4.69, 9.17) is 4.74 Å². The summed E-state index contributed by atoms with van der Waals surface area (Å²) in [4.78, 5) is 22.6. The van der Waals surface area contributed by atoms with Crippen molar-refractivity contribution in [3.8, 4) is 5.75 Å². The Morgan fingerprint density at radius 2 is 1.76 bits per heavy atom. The molecule has 2 aromatic carbocycles. The molecule has 0 amide bonds. The van der Waals surface area contributed by atoms with E-state index in [2.05, 4.69) is 5.32 Å². The Kier molecular flexibility index (Phi) is 2.95. The Balaban J connectivity index is 2.25. The van der Waals surface area contributed by atoms with E-state index in [9.17, 15) is 9.59 Å². The second-order valence-corrected chi connectivity index (χ2v) is 3.79. The summed E-state index contributed by atoms with van der Waals surface area (Å²) < 4.78 is 5.12. The Morgan fingerprint density at radius 1 is 1.12 bits per heavy atom. The maximum Gasteiger partial charge on any atom is 0.272 e. The molecule has 88 valence electrons. The van der Waals surface area contributed by atoms with Gasteiger partial charge in [-0.25, -0.2) is 0 Å². The number of aryl methyl sites for hydroxylation is 1. The quantitative estimate of drug-likeness (QED) is 0.814. The third kappa shape index (κ3) is 2.06. The van der Waals surface area contributed by atoms with Crippen LogP contribution in [0, 0.1) is 6.92 Å². The van der Waals surface area contributed by atoms with Crippen LogP contribution >= 0.6 is 0 Å². The molecule has 2 aromatic rings. The van der Waals surface area contributed by atoms with Gasteiger partial charge in [0, 0.05) is 5.69 Å². The predicted molar refractivity (Wildman–Crippen MR) is 67.0 cm³/mol. The van der Waals surface area contributed by atoms with Crippen LogP contribution in [0.15, 0.2) is 33.9 Å². The number of nitrogens with one attached hydrogen (secondary N) is 1. The van der Waals surface area contributed by atoms with Crippen molar-refractivity contribution in [3.05, 3.63) is 50.3 Å². The summed E-state index contributed by atoms with van der Waals surface area (Å²) >= 11 is 0. The summed E-state index contributed by atoms with van der Waals surface area (Å²) in [6.45, 7) is 4.12. The molecule has 4 heteroatoms. The van der Waals surface area contributed by atoms with Crippen molar-refractivity contribution < 1.29 is 4.74 Å². The molecule has 17 heavy (non-hydrogen) atoms. The van der Waals surface area contributed by atoms with Gasteiger partial charge in [0.1, 0.15) is 5.69 Å². The SMILES string of the molecule is CCOc1c(Nc2ccc(C)cc2)c(=O)c1=O. The Labute approximate surface area is 98.5 Å². The smallest absolute Gasteiger partial charge is 0.272 e. The molecule has 0 fully saturated rings. The Bertz CT molecular complexity index is 592. The number of ether oxygens (including phenoxy) is 1. The first kappa shape index (κ1) is 11.4. The fourth-order valence-corrected chi connectivity index (χ4v) is 1.55. The predicted octanol–water partition coefficient (Wildman–Crippen LogP) is 1.73. The lowest BCUT2D eigenvalue weighted by Gasteiger charge is -2.13. The third-order valence-corrected chi connectivity index (χ3v) is 2.48. The highest BCUT2D eigenvalue weighted by Gasteiger charge is 2.22. The van der Waals surface area contributed by atoms with E-state index >= 15 is 0 Å². The molecule has 0 spiro atoms. The van der Waals surface area contributed by atoms with Crippen LogP contribution in [-0.4, -0.2) is 6.61 Å². The number of hydrogen-bond acceptors (Lipinski definition) is 4. The molecule has 0 aromatic heterocycles. The Hall–Kier alpha value is -2.10. The van der Waals surface area contributed by atoms with Gasteiger partial charge in [-0.2, -0.15) is 0 Å². The van der Waals surface area contributed by atoms with Crippen molar-refractivity contribution >= 4 is 11.4 Å². The van der Waals surface area contributed by atoms with Gasteiger partial charge in [0.25, 0.3) is 10.9 Å². The van der Waals surface area contributed by atoms with Crippen molar-refractivity contribution in [2.75, 3.05) is 11.9 Å². The molecule has 0 aliphatic carbocycles. The van der Waals surface area contributed by atoms with Crippen molar-refractivity contribution in [2.24, 2.45) is 0 Å². The lowest BCUT2D eigenvalue weighted by atomic mass is 10.2. The van der Waals surface area contributed by atoms with Gasteiger partial charge >= 0.3 is 0 Å². The highest BCUT2D eigenvalue weighted by atomic mass is 16.5. The van der Waals surface area contributed by atoms with E-state index < -0.39 is 10.9 Å². The molecule has 1 N–H and O–H groups in total. The van der Waals surface area contributed by atoms with Gasteiger partial charge in [-0.1, -0.05) is 17.7 Å². The summed E-state index contributed by atoms with van der Waals surface area (Å²) in [5.41, 5.74) is 1.07. The molecule has 0 heterocycles. The van der Waals surface area contributed by atoms with Gasteiger partial charge in [-0.15, -0.1) is 0 Å². The van der Waals surface area contributed by atoms with Gasteiger partial charge in [0.05, 0.1) is 6.61 Å². The van der Waals surface area contributed by atoms with Crippen LogP contribution < -0.4 is 20.9 Å². The monoisotopic (exact) mass is 231 g/mol. The second-order valence-electron chi connectivity index (χ2n) is 3.79. The molecule has 0 unspecified atom stereocenters. The molecule has 0 atom stereocenters.